The molecule has 1 aliphatic rings. The van der Waals surface area contributed by atoms with E-state index < -0.39 is 74.2 Å². The van der Waals surface area contributed by atoms with Gasteiger partial charge in [-0.2, -0.15) is 0 Å². The molecular formula is C23H30FN2O9P. The normalized spacial score (nSPS) is 25.5. The summed E-state index contributed by atoms with van der Waals surface area (Å²) >= 11 is 0. The van der Waals surface area contributed by atoms with Gasteiger partial charge in [0.25, 0.3) is 5.56 Å². The van der Waals surface area contributed by atoms with Crippen molar-refractivity contribution in [1.82, 2.24) is 9.55 Å². The van der Waals surface area contributed by atoms with E-state index in [1.54, 1.807) is 32.0 Å². The molecule has 198 valence electrons. The monoisotopic (exact) mass is 530 g/mol. The first-order chi connectivity index (χ1) is 17.6. The highest BCUT2D eigenvalue weighted by atomic mass is 31.2. The first-order valence-corrected chi connectivity index (χ1v) is 12.9. The Morgan fingerprint density at radius 1 is 1.31 bits per heavy atom. The Morgan fingerprint density at radius 2 is 1.97 bits per heavy atom. The number of H-pyrrole nitrogens is 1. The summed E-state index contributed by atoms with van der Waals surface area (Å²) < 4.78 is 67.6. The van der Waals surface area contributed by atoms with Crippen molar-refractivity contribution >= 4 is 13.6 Å². The average molecular weight is 530 g/mol. The fourth-order valence-electron chi connectivity index (χ4n) is 3.36. The highest BCUT2D eigenvalue weighted by Gasteiger charge is 2.47. The van der Waals surface area contributed by atoms with Gasteiger partial charge in [-0.25, -0.2) is 13.8 Å². The lowest BCUT2D eigenvalue weighted by molar-refractivity contribution is -0.151. The third-order valence-electron chi connectivity index (χ3n) is 5.16. The molecule has 6 atom stereocenters. The number of aliphatic hydroxyl groups excluding tert-OH is 1. The molecule has 11 nitrogen and oxygen atoms in total. The van der Waals surface area contributed by atoms with E-state index in [0.29, 0.717) is 4.57 Å². The smallest absolute Gasteiger partial charge is 0.380 e. The van der Waals surface area contributed by atoms with Crippen LogP contribution in [0.3, 0.4) is 0 Å². The second-order valence-electron chi connectivity index (χ2n) is 8.65. The van der Waals surface area contributed by atoms with Crippen LogP contribution in [0.2, 0.25) is 0 Å². The van der Waals surface area contributed by atoms with Crippen LogP contribution in [0, 0.1) is 12.8 Å². The van der Waals surface area contributed by atoms with E-state index in [1.165, 1.54) is 26.0 Å². The van der Waals surface area contributed by atoms with E-state index in [1.807, 2.05) is 4.98 Å². The molecule has 1 aromatic carbocycles. The van der Waals surface area contributed by atoms with Crippen molar-refractivity contribution in [2.75, 3.05) is 12.7 Å². The van der Waals surface area contributed by atoms with Crippen molar-refractivity contribution in [3.8, 4) is 5.75 Å². The van der Waals surface area contributed by atoms with E-state index in [4.69, 9.17) is 21.3 Å². The first-order valence-electron chi connectivity index (χ1n) is 12.2. The van der Waals surface area contributed by atoms with E-state index >= 15 is 4.39 Å². The number of nitrogens with zero attached hydrogens (tertiary/aromatic N) is 1. The molecule has 3 rings (SSSR count). The Kier molecular flexibility index (Phi) is 7.96. The van der Waals surface area contributed by atoms with E-state index in [9.17, 15) is 24.1 Å². The molecule has 0 bridgehead atoms. The Hall–Kier alpha value is -2.79. The molecule has 13 heteroatoms. The average Bonchev–Trinajstić information content (AvgIpc) is 3.11. The second-order valence-corrected chi connectivity index (χ2v) is 10.6. The maximum absolute atomic E-state index is 15.1. The number of carbonyl (C=O) groups excluding carboxylic acids is 1. The van der Waals surface area contributed by atoms with Gasteiger partial charge in [-0.1, -0.05) is 25.1 Å². The molecule has 2 heterocycles. The van der Waals surface area contributed by atoms with Gasteiger partial charge < -0.3 is 19.1 Å². The molecule has 1 fully saturated rings. The number of para-hydroxylation sites is 1. The number of halogens is 1. The third kappa shape index (κ3) is 6.70. The number of rotatable bonds is 10. The lowest BCUT2D eigenvalue weighted by Gasteiger charge is -2.24. The van der Waals surface area contributed by atoms with Crippen LogP contribution >= 0.6 is 7.60 Å². The number of carbonyl (C=O) groups is 1. The number of ether oxygens (including phenoxy) is 2. The molecule has 0 spiro atoms. The highest BCUT2D eigenvalue weighted by molar-refractivity contribution is 7.54. The number of alkyl halides is 1. The molecule has 36 heavy (non-hydrogen) atoms. The molecule has 1 unspecified atom stereocenters. The van der Waals surface area contributed by atoms with Gasteiger partial charge in [-0.15, -0.1) is 0 Å². The number of aromatic nitrogens is 2. The van der Waals surface area contributed by atoms with Crippen LogP contribution in [0.5, 0.6) is 5.75 Å². The van der Waals surface area contributed by atoms with Gasteiger partial charge in [0, 0.05) is 11.8 Å². The van der Waals surface area contributed by atoms with Crippen molar-refractivity contribution in [2.45, 2.75) is 58.4 Å². The predicted octanol–water partition coefficient (Wildman–Crippen LogP) is 2.32. The lowest BCUT2D eigenvalue weighted by Crippen LogP contribution is -2.36. The van der Waals surface area contributed by atoms with Crippen molar-refractivity contribution < 1.29 is 40.1 Å². The highest BCUT2D eigenvalue weighted by Crippen LogP contribution is 2.50. The Morgan fingerprint density at radius 3 is 2.61 bits per heavy atom. The fraction of sp³-hybridized carbons (Fsp3) is 0.522. The van der Waals surface area contributed by atoms with Gasteiger partial charge >= 0.3 is 19.3 Å². The number of aromatic amines is 1. The van der Waals surface area contributed by atoms with Gasteiger partial charge in [0.15, 0.2) is 12.4 Å². The zero-order valence-electron chi connectivity index (χ0n) is 22.1. The van der Waals surface area contributed by atoms with Crippen LogP contribution < -0.4 is 15.8 Å². The summed E-state index contributed by atoms with van der Waals surface area (Å²) in [6.07, 6.45) is -8.46. The molecule has 0 radical (unpaired) electrons. The molecule has 0 aliphatic carbocycles. The van der Waals surface area contributed by atoms with E-state index in [0.717, 1.165) is 6.20 Å². The quantitative estimate of drug-likeness (QED) is 0.349. The van der Waals surface area contributed by atoms with Gasteiger partial charge in [0.2, 0.25) is 0 Å². The number of hydrogen-bond acceptors (Lipinski definition) is 9. The first kappa shape index (κ1) is 24.9. The number of esters is 1. The standard InChI is InChI=1S/C23H30FN2O9P/c1-13(2)33-22(29)15(4)12-36(31,35-16-8-6-5-7-9-16)32-11-17-19(27)18(24)21(34-17)26-10-14(3)20(28)25-23(26)30/h5-10,13,15,17-19,21,27H,11-12H2,1-4H3,(H,25,28,30)/t15-,17+,18-,19?,21+,36+/m1/s1/i11D2. The van der Waals surface area contributed by atoms with E-state index in [2.05, 4.69) is 0 Å². The SMILES string of the molecule is [2H]C([2H])(O[P@@](=O)(C[C@@H](C)C(=O)OC(C)C)Oc1ccccc1)[C@@H]1O[C@H](n2cc(C)c(=O)[nH]c2=O)[C@H](F)C1O. The second kappa shape index (κ2) is 11.5. The number of hydrogen-bond donors (Lipinski definition) is 2. The zero-order chi connectivity index (χ0) is 28.4. The maximum atomic E-state index is 15.1. The number of nitrogens with one attached hydrogen (secondary N) is 1. The fourth-order valence-corrected chi connectivity index (χ4v) is 5.07. The van der Waals surface area contributed by atoms with E-state index in [-0.39, 0.29) is 11.3 Å². The lowest BCUT2D eigenvalue weighted by atomic mass is 10.1. The summed E-state index contributed by atoms with van der Waals surface area (Å²) in [6, 6.07) is 7.66. The molecule has 2 N–H and O–H groups in total. The minimum atomic E-state index is -4.54. The Bertz CT molecular complexity index is 1300. The van der Waals surface area contributed by atoms with Gasteiger partial charge in [-0.05, 0) is 32.9 Å². The largest absolute Gasteiger partial charge is 0.463 e. The van der Waals surface area contributed by atoms with Crippen LogP contribution in [0.1, 0.15) is 35.3 Å². The molecule has 1 saturated heterocycles. The van der Waals surface area contributed by atoms with Crippen LogP contribution in [-0.2, 0) is 23.4 Å². The molecule has 1 aliphatic heterocycles. The molecule has 0 amide bonds. The summed E-state index contributed by atoms with van der Waals surface area (Å²) in [5, 5.41) is 10.5. The number of aryl methyl sites for hydroxylation is 1. The molecular weight excluding hydrogens is 498 g/mol. The maximum Gasteiger partial charge on any atom is 0.380 e. The zero-order valence-corrected chi connectivity index (χ0v) is 21.0. The summed E-state index contributed by atoms with van der Waals surface area (Å²) in [6.45, 7) is 2.86. The van der Waals surface area contributed by atoms with Crippen LogP contribution in [-0.4, -0.2) is 57.8 Å². The Labute approximate surface area is 209 Å². The van der Waals surface area contributed by atoms with Crippen LogP contribution in [0.25, 0.3) is 0 Å². The van der Waals surface area contributed by atoms with Crippen molar-refractivity contribution in [1.29, 1.82) is 0 Å². The van der Waals surface area contributed by atoms with Gasteiger partial charge in [0.1, 0.15) is 18.0 Å². The topological polar surface area (TPSA) is 146 Å². The summed E-state index contributed by atoms with van der Waals surface area (Å²) in [4.78, 5) is 38.2. The van der Waals surface area contributed by atoms with Gasteiger partial charge in [-0.3, -0.25) is 23.7 Å². The minimum absolute atomic E-state index is 0.0421. The van der Waals surface area contributed by atoms with Gasteiger partial charge in [0.05, 0.1) is 27.5 Å². The predicted molar refractivity (Wildman–Crippen MR) is 127 cm³/mol. The number of aliphatic hydroxyl groups is 1. The van der Waals surface area contributed by atoms with Crippen molar-refractivity contribution in [2.24, 2.45) is 5.92 Å². The van der Waals surface area contributed by atoms with Crippen LogP contribution in [0.4, 0.5) is 4.39 Å². The molecule has 1 aromatic heterocycles. The van der Waals surface area contributed by atoms with Crippen LogP contribution in [0.15, 0.2) is 46.1 Å². The summed E-state index contributed by atoms with van der Waals surface area (Å²) in [7, 11) is -4.54. The number of benzene rings is 1. The summed E-state index contributed by atoms with van der Waals surface area (Å²) in [5.74, 6) is -1.74. The Balaban J connectivity index is 1.90. The summed E-state index contributed by atoms with van der Waals surface area (Å²) in [5.41, 5.74) is -1.71. The molecule has 2 aromatic rings. The molecule has 0 saturated carbocycles. The minimum Gasteiger partial charge on any atom is -0.463 e. The van der Waals surface area contributed by atoms with Crippen molar-refractivity contribution in [3.05, 3.63) is 62.9 Å². The van der Waals surface area contributed by atoms with Crippen molar-refractivity contribution in [3.63, 3.8) is 0 Å². The third-order valence-corrected chi connectivity index (χ3v) is 7.03.